The van der Waals surface area contributed by atoms with Gasteiger partial charge >= 0.3 is 0 Å². The maximum atomic E-state index is 13.5. The molecule has 1 unspecified atom stereocenters. The van der Waals surface area contributed by atoms with Crippen LogP contribution in [0.5, 0.6) is 23.0 Å². The number of hydrogen-bond acceptors (Lipinski definition) is 11. The highest BCUT2D eigenvalue weighted by atomic mass is 16.5. The van der Waals surface area contributed by atoms with Crippen LogP contribution in [0.1, 0.15) is 115 Å². The molecular formula is C43H50N6O9. The van der Waals surface area contributed by atoms with Gasteiger partial charge in [-0.25, -0.2) is 4.68 Å². The number of anilines is 1. The molecule has 2 aliphatic rings. The molecule has 6 rings (SSSR count). The number of amides is 5. The average Bonchev–Trinajstić information content (AvgIpc) is 3.70. The predicted octanol–water partition coefficient (Wildman–Crippen LogP) is 6.34. The summed E-state index contributed by atoms with van der Waals surface area (Å²) in [5, 5.41) is 13.6. The Hall–Kier alpha value is -6.25. The third-order valence-electron chi connectivity index (χ3n) is 10.2. The number of benzene rings is 3. The SMILES string of the molecule is COc1ccc(OC)c(-n2nnc(C(=O)Nc3cc(OCCCCCCCCOc4cccc5c4C(=O)N(C4CCC(=O)NC4=O)C5=O)cc(C(C)(C)C)c3)c2C)c1. The Labute approximate surface area is 337 Å². The Kier molecular flexibility index (Phi) is 12.8. The van der Waals surface area contributed by atoms with Crippen LogP contribution in [0.2, 0.25) is 0 Å². The van der Waals surface area contributed by atoms with E-state index in [0.29, 0.717) is 53.3 Å². The average molecular weight is 795 g/mol. The van der Waals surface area contributed by atoms with E-state index in [1.165, 1.54) is 0 Å². The lowest BCUT2D eigenvalue weighted by Gasteiger charge is -2.27. The second-order valence-corrected chi connectivity index (χ2v) is 15.4. The van der Waals surface area contributed by atoms with Gasteiger partial charge < -0.3 is 24.3 Å². The standard InChI is InChI=1S/C43H50N6O9/c1-26-38(46-47-49(26)33-25-29(55-5)16-18-34(33)56-6)40(52)44-28-22-27(43(2,3)4)23-30(24-28)57-20-11-9-7-8-10-12-21-58-35-15-13-14-31-37(35)42(54)48(41(31)53)32-17-19-36(50)45-39(32)51/h13-16,18,22-25,32H,7-12,17,19-21H2,1-6H3,(H,44,52)(H,45,50,51). The predicted molar refractivity (Wildman–Crippen MR) is 214 cm³/mol. The minimum atomic E-state index is -1.02. The summed E-state index contributed by atoms with van der Waals surface area (Å²) in [6, 6.07) is 14.9. The van der Waals surface area contributed by atoms with Crippen LogP contribution in [0.4, 0.5) is 5.69 Å². The lowest BCUT2D eigenvalue weighted by molar-refractivity contribution is -0.136. The maximum absolute atomic E-state index is 13.5. The second kappa shape index (κ2) is 17.9. The van der Waals surface area contributed by atoms with Gasteiger partial charge in [0.05, 0.1) is 44.3 Å². The van der Waals surface area contributed by atoms with Crippen molar-refractivity contribution < 1.29 is 42.9 Å². The van der Waals surface area contributed by atoms with Crippen LogP contribution in [0, 0.1) is 6.92 Å². The number of unbranched alkanes of at least 4 members (excludes halogenated alkanes) is 5. The Morgan fingerprint density at radius 2 is 1.57 bits per heavy atom. The Balaban J connectivity index is 0.956. The number of carbonyl (C=O) groups is 5. The first kappa shape index (κ1) is 41.4. The molecule has 1 aromatic heterocycles. The molecular weight excluding hydrogens is 745 g/mol. The summed E-state index contributed by atoms with van der Waals surface area (Å²) in [5.41, 5.74) is 3.06. The number of piperidine rings is 1. The van der Waals surface area contributed by atoms with Crippen molar-refractivity contribution in [2.24, 2.45) is 0 Å². The first-order valence-corrected chi connectivity index (χ1v) is 19.5. The number of aromatic nitrogens is 3. The molecule has 306 valence electrons. The molecule has 1 fully saturated rings. The normalized spacial score (nSPS) is 15.3. The van der Waals surface area contributed by atoms with E-state index in [1.807, 2.05) is 18.2 Å². The van der Waals surface area contributed by atoms with Crippen LogP contribution in [0.25, 0.3) is 5.69 Å². The molecule has 4 aromatic rings. The molecule has 0 saturated carbocycles. The third kappa shape index (κ3) is 9.14. The van der Waals surface area contributed by atoms with Crippen molar-refractivity contribution in [3.05, 3.63) is 82.7 Å². The van der Waals surface area contributed by atoms with E-state index in [2.05, 4.69) is 41.7 Å². The molecule has 1 atom stereocenters. The van der Waals surface area contributed by atoms with Gasteiger partial charge in [-0.15, -0.1) is 5.10 Å². The first-order valence-electron chi connectivity index (χ1n) is 19.5. The Bertz CT molecular complexity index is 2210. The van der Waals surface area contributed by atoms with Gasteiger partial charge in [-0.2, -0.15) is 0 Å². The summed E-state index contributed by atoms with van der Waals surface area (Å²) >= 11 is 0. The largest absolute Gasteiger partial charge is 0.497 e. The zero-order chi connectivity index (χ0) is 41.6. The van der Waals surface area contributed by atoms with Gasteiger partial charge in [0.15, 0.2) is 5.69 Å². The first-order chi connectivity index (χ1) is 27.8. The highest BCUT2D eigenvalue weighted by molar-refractivity contribution is 6.24. The number of ether oxygens (including phenoxy) is 4. The minimum Gasteiger partial charge on any atom is -0.497 e. The van der Waals surface area contributed by atoms with Crippen molar-refractivity contribution >= 4 is 35.2 Å². The van der Waals surface area contributed by atoms with Crippen molar-refractivity contribution in [2.75, 3.05) is 32.8 Å². The van der Waals surface area contributed by atoms with Gasteiger partial charge in [-0.3, -0.25) is 34.2 Å². The zero-order valence-corrected chi connectivity index (χ0v) is 33.8. The van der Waals surface area contributed by atoms with Gasteiger partial charge in [0, 0.05) is 24.2 Å². The number of fused-ring (bicyclic) bond motifs is 1. The van der Waals surface area contributed by atoms with Crippen LogP contribution in [0.15, 0.2) is 54.6 Å². The fourth-order valence-corrected chi connectivity index (χ4v) is 7.00. The molecule has 58 heavy (non-hydrogen) atoms. The molecule has 0 radical (unpaired) electrons. The van der Waals surface area contributed by atoms with Crippen molar-refractivity contribution in [1.82, 2.24) is 25.2 Å². The van der Waals surface area contributed by atoms with E-state index in [4.69, 9.17) is 18.9 Å². The number of nitrogens with one attached hydrogen (secondary N) is 2. The number of methoxy groups -OCH3 is 2. The van der Waals surface area contributed by atoms with E-state index >= 15 is 0 Å². The molecule has 3 heterocycles. The van der Waals surface area contributed by atoms with Gasteiger partial charge in [-0.05, 0) is 73.6 Å². The number of rotatable bonds is 17. The summed E-state index contributed by atoms with van der Waals surface area (Å²) in [5.74, 6) is -0.460. The van der Waals surface area contributed by atoms with E-state index in [9.17, 15) is 24.0 Å². The molecule has 5 amide bonds. The van der Waals surface area contributed by atoms with Gasteiger partial charge in [0.2, 0.25) is 11.8 Å². The van der Waals surface area contributed by atoms with Crippen molar-refractivity contribution in [3.8, 4) is 28.7 Å². The number of carbonyl (C=O) groups excluding carboxylic acids is 5. The molecule has 0 spiro atoms. The van der Waals surface area contributed by atoms with Crippen LogP contribution < -0.4 is 29.6 Å². The molecule has 3 aromatic carbocycles. The molecule has 1 saturated heterocycles. The zero-order valence-electron chi connectivity index (χ0n) is 33.8. The molecule has 2 N–H and O–H groups in total. The smallest absolute Gasteiger partial charge is 0.278 e. The summed E-state index contributed by atoms with van der Waals surface area (Å²) in [6.07, 6.45) is 5.65. The van der Waals surface area contributed by atoms with Gasteiger partial charge in [-0.1, -0.05) is 57.7 Å². The summed E-state index contributed by atoms with van der Waals surface area (Å²) < 4.78 is 24.6. The lowest BCUT2D eigenvalue weighted by atomic mass is 9.86. The summed E-state index contributed by atoms with van der Waals surface area (Å²) in [4.78, 5) is 64.8. The van der Waals surface area contributed by atoms with Crippen LogP contribution >= 0.6 is 0 Å². The Morgan fingerprint density at radius 1 is 0.845 bits per heavy atom. The monoisotopic (exact) mass is 794 g/mol. The van der Waals surface area contributed by atoms with Crippen LogP contribution in [0.3, 0.4) is 0 Å². The molecule has 15 heteroatoms. The van der Waals surface area contributed by atoms with Crippen LogP contribution in [-0.4, -0.2) is 82.9 Å². The number of hydrogen-bond donors (Lipinski definition) is 2. The fraction of sp³-hybridized carbons (Fsp3) is 0.419. The van der Waals surface area contributed by atoms with Crippen molar-refractivity contribution in [2.45, 2.75) is 90.5 Å². The minimum absolute atomic E-state index is 0.0607. The van der Waals surface area contributed by atoms with E-state index < -0.39 is 35.6 Å². The highest BCUT2D eigenvalue weighted by Crippen LogP contribution is 2.35. The number of nitrogens with zero attached hydrogens (tertiary/aromatic N) is 4. The van der Waals surface area contributed by atoms with Crippen molar-refractivity contribution in [3.63, 3.8) is 0 Å². The van der Waals surface area contributed by atoms with Crippen molar-refractivity contribution in [1.29, 1.82) is 0 Å². The highest BCUT2D eigenvalue weighted by Gasteiger charge is 2.46. The summed E-state index contributed by atoms with van der Waals surface area (Å²) in [7, 11) is 3.13. The van der Waals surface area contributed by atoms with E-state index in [-0.39, 0.29) is 35.1 Å². The lowest BCUT2D eigenvalue weighted by Crippen LogP contribution is -2.54. The van der Waals surface area contributed by atoms with Crippen LogP contribution in [-0.2, 0) is 15.0 Å². The van der Waals surface area contributed by atoms with E-state index in [1.54, 1.807) is 62.2 Å². The quantitative estimate of drug-likeness (QED) is 0.0900. The number of imide groups is 2. The Morgan fingerprint density at radius 3 is 2.26 bits per heavy atom. The summed E-state index contributed by atoms with van der Waals surface area (Å²) in [6.45, 7) is 8.96. The van der Waals surface area contributed by atoms with Gasteiger partial charge in [0.1, 0.15) is 34.7 Å². The molecule has 0 aliphatic carbocycles. The maximum Gasteiger partial charge on any atom is 0.278 e. The fourth-order valence-electron chi connectivity index (χ4n) is 7.00. The topological polar surface area (TPSA) is 180 Å². The van der Waals surface area contributed by atoms with Gasteiger partial charge in [0.25, 0.3) is 17.7 Å². The molecule has 2 aliphatic heterocycles. The van der Waals surface area contributed by atoms with E-state index in [0.717, 1.165) is 49.0 Å². The molecule has 15 nitrogen and oxygen atoms in total. The second-order valence-electron chi connectivity index (χ2n) is 15.4. The molecule has 0 bridgehead atoms. The third-order valence-corrected chi connectivity index (χ3v) is 10.2.